The quantitative estimate of drug-likeness (QED) is 0.554. The molecule has 1 unspecified atom stereocenters. The van der Waals surface area contributed by atoms with Crippen molar-refractivity contribution in [1.29, 1.82) is 0 Å². The minimum atomic E-state index is -1.27. The highest BCUT2D eigenvalue weighted by Crippen LogP contribution is 2.29. The Morgan fingerprint density at radius 1 is 1.10 bits per heavy atom. The summed E-state index contributed by atoms with van der Waals surface area (Å²) in [5, 5.41) is 5.18. The van der Waals surface area contributed by atoms with Gasteiger partial charge in [-0.3, -0.25) is 14.5 Å². The largest absolute Gasteiger partial charge is 0.497 e. The molecule has 0 aromatic heterocycles. The maximum atomic E-state index is 12.9. The van der Waals surface area contributed by atoms with Crippen molar-refractivity contribution in [2.75, 3.05) is 26.1 Å². The molecule has 3 rings (SSSR count). The van der Waals surface area contributed by atoms with Crippen molar-refractivity contribution >= 4 is 29.5 Å². The molecular weight excluding hydrogens is 390 g/mol. The first-order valence-electron chi connectivity index (χ1n) is 9.06. The summed E-state index contributed by atoms with van der Waals surface area (Å²) in [6, 6.07) is 12.5. The second-order valence-electron chi connectivity index (χ2n) is 6.76. The first-order valence-corrected chi connectivity index (χ1v) is 9.06. The van der Waals surface area contributed by atoms with E-state index in [0.717, 1.165) is 4.90 Å². The van der Waals surface area contributed by atoms with E-state index in [1.165, 1.54) is 26.4 Å². The van der Waals surface area contributed by atoms with Crippen LogP contribution in [0.1, 0.15) is 22.8 Å². The Hall–Kier alpha value is -3.88. The van der Waals surface area contributed by atoms with Gasteiger partial charge in [0.25, 0.3) is 5.91 Å². The lowest BCUT2D eigenvalue weighted by molar-refractivity contribution is -0.133. The van der Waals surface area contributed by atoms with Crippen LogP contribution in [0.5, 0.6) is 5.75 Å². The Labute approximate surface area is 172 Å². The van der Waals surface area contributed by atoms with Gasteiger partial charge in [0, 0.05) is 0 Å². The third kappa shape index (κ3) is 3.82. The van der Waals surface area contributed by atoms with Gasteiger partial charge in [-0.05, 0) is 30.7 Å². The summed E-state index contributed by atoms with van der Waals surface area (Å²) in [5.41, 5.74) is -0.410. The molecule has 0 spiro atoms. The van der Waals surface area contributed by atoms with Crippen LogP contribution >= 0.6 is 0 Å². The van der Waals surface area contributed by atoms with Crippen molar-refractivity contribution < 1.29 is 28.7 Å². The van der Waals surface area contributed by atoms with E-state index in [2.05, 4.69) is 10.6 Å². The molecule has 0 bridgehead atoms. The summed E-state index contributed by atoms with van der Waals surface area (Å²) in [6.45, 7) is 1.07. The molecule has 1 fully saturated rings. The number of carbonyl (C=O) groups excluding carboxylic acids is 4. The van der Waals surface area contributed by atoms with Crippen molar-refractivity contribution in [1.82, 2.24) is 10.2 Å². The van der Waals surface area contributed by atoms with Crippen LogP contribution in [0.25, 0.3) is 0 Å². The fourth-order valence-corrected chi connectivity index (χ4v) is 3.18. The van der Waals surface area contributed by atoms with Gasteiger partial charge in [0.15, 0.2) is 0 Å². The van der Waals surface area contributed by atoms with E-state index < -0.39 is 35.9 Å². The first-order chi connectivity index (χ1) is 14.3. The van der Waals surface area contributed by atoms with Crippen molar-refractivity contribution in [2.45, 2.75) is 12.5 Å². The van der Waals surface area contributed by atoms with Crippen LogP contribution in [0.4, 0.5) is 10.5 Å². The standard InChI is InChI=1S/C21H21N3O6/c1-21(13-7-5-4-6-8-13)19(27)24(20(28)23-21)12-17(25)22-16-10-9-14(29-2)11-15(16)18(26)30-3/h4-11H,12H2,1-3H3,(H,22,25)(H,23,28). The molecule has 0 aliphatic carbocycles. The van der Waals surface area contributed by atoms with Crippen molar-refractivity contribution in [2.24, 2.45) is 0 Å². The number of imide groups is 1. The zero-order chi connectivity index (χ0) is 21.9. The number of nitrogens with one attached hydrogen (secondary N) is 2. The zero-order valence-electron chi connectivity index (χ0n) is 16.7. The number of ether oxygens (including phenoxy) is 2. The van der Waals surface area contributed by atoms with E-state index >= 15 is 0 Å². The molecule has 2 N–H and O–H groups in total. The van der Waals surface area contributed by atoms with Gasteiger partial charge in [0.05, 0.1) is 25.5 Å². The Balaban J connectivity index is 1.78. The highest BCUT2D eigenvalue weighted by molar-refractivity contribution is 6.11. The number of nitrogens with zero attached hydrogens (tertiary/aromatic N) is 1. The molecule has 1 atom stereocenters. The van der Waals surface area contributed by atoms with Crippen LogP contribution in [0.15, 0.2) is 48.5 Å². The second-order valence-corrected chi connectivity index (χ2v) is 6.76. The monoisotopic (exact) mass is 411 g/mol. The zero-order valence-corrected chi connectivity index (χ0v) is 16.7. The number of methoxy groups -OCH3 is 2. The predicted octanol–water partition coefficient (Wildman–Crippen LogP) is 1.89. The Bertz CT molecular complexity index is 1010. The van der Waals surface area contributed by atoms with Crippen molar-refractivity contribution in [3.8, 4) is 5.75 Å². The molecule has 0 saturated carbocycles. The lowest BCUT2D eigenvalue weighted by atomic mass is 9.92. The average Bonchev–Trinajstić information content (AvgIpc) is 2.98. The second kappa shape index (κ2) is 8.24. The minimum Gasteiger partial charge on any atom is -0.497 e. The SMILES string of the molecule is COC(=O)c1cc(OC)ccc1NC(=O)CN1C(=O)NC(C)(c2ccccc2)C1=O. The van der Waals surface area contributed by atoms with Crippen molar-refractivity contribution in [3.05, 3.63) is 59.7 Å². The summed E-state index contributed by atoms with van der Waals surface area (Å²) >= 11 is 0. The number of amides is 4. The molecule has 0 radical (unpaired) electrons. The van der Waals surface area contributed by atoms with Crippen LogP contribution in [0.2, 0.25) is 0 Å². The summed E-state index contributed by atoms with van der Waals surface area (Å²) < 4.78 is 9.81. The maximum Gasteiger partial charge on any atom is 0.340 e. The minimum absolute atomic E-state index is 0.0801. The van der Waals surface area contributed by atoms with Gasteiger partial charge in [-0.1, -0.05) is 30.3 Å². The molecule has 2 aromatic carbocycles. The predicted molar refractivity (Wildman–Crippen MR) is 107 cm³/mol. The Morgan fingerprint density at radius 3 is 2.43 bits per heavy atom. The van der Waals surface area contributed by atoms with Gasteiger partial charge in [0.2, 0.25) is 5.91 Å². The lowest BCUT2D eigenvalue weighted by Gasteiger charge is -2.22. The van der Waals surface area contributed by atoms with Crippen LogP contribution in [-0.4, -0.2) is 49.5 Å². The number of rotatable bonds is 6. The highest BCUT2D eigenvalue weighted by atomic mass is 16.5. The molecular formula is C21H21N3O6. The number of benzene rings is 2. The van der Waals surface area contributed by atoms with Gasteiger partial charge >= 0.3 is 12.0 Å². The maximum absolute atomic E-state index is 12.9. The highest BCUT2D eigenvalue weighted by Gasteiger charge is 2.49. The number of hydrogen-bond donors (Lipinski definition) is 2. The van der Waals surface area contributed by atoms with Gasteiger partial charge in [0.1, 0.15) is 17.8 Å². The van der Waals surface area contributed by atoms with Gasteiger partial charge in [-0.25, -0.2) is 9.59 Å². The Morgan fingerprint density at radius 2 is 1.80 bits per heavy atom. The Kier molecular flexibility index (Phi) is 5.72. The van der Waals surface area contributed by atoms with Crippen LogP contribution in [0, 0.1) is 0 Å². The topological polar surface area (TPSA) is 114 Å². The van der Waals surface area contributed by atoms with Crippen LogP contribution in [0.3, 0.4) is 0 Å². The average molecular weight is 411 g/mol. The normalized spacial score (nSPS) is 18.0. The third-order valence-corrected chi connectivity index (χ3v) is 4.83. The fourth-order valence-electron chi connectivity index (χ4n) is 3.18. The van der Waals surface area contributed by atoms with Crippen LogP contribution < -0.4 is 15.4 Å². The number of anilines is 1. The number of carbonyl (C=O) groups is 4. The molecule has 30 heavy (non-hydrogen) atoms. The van der Waals surface area contributed by atoms with E-state index in [1.807, 2.05) is 0 Å². The molecule has 9 nitrogen and oxygen atoms in total. The van der Waals surface area contributed by atoms with Gasteiger partial charge in [-0.2, -0.15) is 0 Å². The lowest BCUT2D eigenvalue weighted by Crippen LogP contribution is -2.42. The fraction of sp³-hybridized carbons (Fsp3) is 0.238. The summed E-state index contributed by atoms with van der Waals surface area (Å²) in [6.07, 6.45) is 0. The molecule has 1 aliphatic rings. The van der Waals surface area contributed by atoms with Gasteiger partial charge in [-0.15, -0.1) is 0 Å². The molecule has 1 saturated heterocycles. The molecule has 1 aliphatic heterocycles. The third-order valence-electron chi connectivity index (χ3n) is 4.83. The molecule has 9 heteroatoms. The van der Waals surface area contributed by atoms with Gasteiger partial charge < -0.3 is 20.1 Å². The summed E-state index contributed by atoms with van der Waals surface area (Å²) in [4.78, 5) is 50.7. The number of hydrogen-bond acceptors (Lipinski definition) is 6. The van der Waals surface area contributed by atoms with E-state index in [9.17, 15) is 19.2 Å². The number of esters is 1. The molecule has 2 aromatic rings. The molecule has 4 amide bonds. The molecule has 156 valence electrons. The van der Waals surface area contributed by atoms with Crippen LogP contribution in [-0.2, 0) is 19.9 Å². The van der Waals surface area contributed by atoms with Crippen molar-refractivity contribution in [3.63, 3.8) is 0 Å². The smallest absolute Gasteiger partial charge is 0.340 e. The van der Waals surface area contributed by atoms with E-state index in [4.69, 9.17) is 9.47 Å². The van der Waals surface area contributed by atoms with E-state index in [0.29, 0.717) is 11.3 Å². The van der Waals surface area contributed by atoms with E-state index in [1.54, 1.807) is 43.3 Å². The molecule has 1 heterocycles. The number of urea groups is 1. The summed E-state index contributed by atoms with van der Waals surface area (Å²) in [7, 11) is 2.65. The van der Waals surface area contributed by atoms with E-state index in [-0.39, 0.29) is 11.3 Å². The first kappa shape index (κ1) is 20.8. The summed E-state index contributed by atoms with van der Waals surface area (Å²) in [5.74, 6) is -1.46.